The van der Waals surface area contributed by atoms with Crippen LogP contribution in [0, 0.1) is 6.92 Å². The van der Waals surface area contributed by atoms with Gasteiger partial charge in [-0.2, -0.15) is 5.10 Å². The third-order valence-corrected chi connectivity index (χ3v) is 4.90. The normalized spacial score (nSPS) is 11.1. The molecule has 1 aromatic heterocycles. The van der Waals surface area contributed by atoms with Gasteiger partial charge in [0.2, 0.25) is 0 Å². The van der Waals surface area contributed by atoms with Gasteiger partial charge in [0, 0.05) is 6.20 Å². The van der Waals surface area contributed by atoms with Crippen molar-refractivity contribution in [1.29, 1.82) is 0 Å². The molecule has 0 unspecified atom stereocenters. The van der Waals surface area contributed by atoms with Crippen LogP contribution in [0.2, 0.25) is 0 Å². The molecule has 3 nitrogen and oxygen atoms in total. The van der Waals surface area contributed by atoms with Crippen LogP contribution >= 0.6 is 0 Å². The Kier molecular flexibility index (Phi) is 5.77. The molecule has 1 heterocycles. The van der Waals surface area contributed by atoms with Gasteiger partial charge in [0.25, 0.3) is 0 Å². The molecule has 0 N–H and O–H groups in total. The molecule has 0 saturated carbocycles. The maximum Gasteiger partial charge on any atom is 0.119 e. The molecule has 0 aliphatic heterocycles. The minimum Gasteiger partial charge on any atom is -0.494 e. The van der Waals surface area contributed by atoms with E-state index in [1.54, 1.807) is 0 Å². The molecule has 0 aliphatic rings. The number of rotatable bonds is 7. The Labute approximate surface area is 156 Å². The molecule has 0 spiro atoms. The average molecular weight is 348 g/mol. The van der Waals surface area contributed by atoms with Gasteiger partial charge in [0.05, 0.1) is 18.0 Å². The fourth-order valence-corrected chi connectivity index (χ4v) is 3.48. The first-order chi connectivity index (χ1) is 12.7. The van der Waals surface area contributed by atoms with Crippen molar-refractivity contribution in [2.24, 2.45) is 0 Å². The second-order valence-corrected chi connectivity index (χ2v) is 6.65. The maximum absolute atomic E-state index is 5.67. The summed E-state index contributed by atoms with van der Waals surface area (Å²) >= 11 is 0. The molecule has 136 valence electrons. The van der Waals surface area contributed by atoms with Gasteiger partial charge in [-0.3, -0.25) is 0 Å². The number of ether oxygens (including phenoxy) is 1. The van der Waals surface area contributed by atoms with E-state index >= 15 is 0 Å². The highest BCUT2D eigenvalue weighted by Gasteiger charge is 2.15. The molecule has 3 rings (SSSR count). The fraction of sp³-hybridized carbons (Fsp3) is 0.348. The van der Waals surface area contributed by atoms with Crippen LogP contribution in [0.5, 0.6) is 5.75 Å². The Morgan fingerprint density at radius 3 is 2.38 bits per heavy atom. The Bertz CT molecular complexity index is 862. The van der Waals surface area contributed by atoms with E-state index in [0.717, 1.165) is 29.8 Å². The second-order valence-electron chi connectivity index (χ2n) is 6.65. The smallest absolute Gasteiger partial charge is 0.119 e. The molecule has 0 fully saturated rings. The molecule has 0 aliphatic carbocycles. The third-order valence-electron chi connectivity index (χ3n) is 4.90. The highest BCUT2D eigenvalue weighted by molar-refractivity contribution is 5.69. The van der Waals surface area contributed by atoms with Crippen LogP contribution in [0.4, 0.5) is 0 Å². The van der Waals surface area contributed by atoms with Crippen LogP contribution in [0.1, 0.15) is 50.8 Å². The summed E-state index contributed by atoms with van der Waals surface area (Å²) in [7, 11) is 0. The molecule has 0 amide bonds. The van der Waals surface area contributed by atoms with Crippen LogP contribution in [-0.4, -0.2) is 16.4 Å². The van der Waals surface area contributed by atoms with Gasteiger partial charge in [0.15, 0.2) is 0 Å². The lowest BCUT2D eigenvalue weighted by Crippen LogP contribution is -2.05. The maximum atomic E-state index is 5.67. The molecule has 0 saturated heterocycles. The molecule has 0 bridgehead atoms. The first-order valence-electron chi connectivity index (χ1n) is 9.56. The van der Waals surface area contributed by atoms with E-state index in [2.05, 4.69) is 61.5 Å². The predicted molar refractivity (Wildman–Crippen MR) is 108 cm³/mol. The number of benzene rings is 2. The number of hydrogen-bond acceptors (Lipinski definition) is 2. The fourth-order valence-electron chi connectivity index (χ4n) is 3.48. The van der Waals surface area contributed by atoms with Gasteiger partial charge in [-0.25, -0.2) is 4.68 Å². The minimum atomic E-state index is 0.540. The molecule has 2 aromatic carbocycles. The Hall–Kier alpha value is -2.55. The first-order valence-corrected chi connectivity index (χ1v) is 9.56. The highest BCUT2D eigenvalue weighted by atomic mass is 16.5. The first kappa shape index (κ1) is 18.2. The largest absolute Gasteiger partial charge is 0.494 e. The van der Waals surface area contributed by atoms with Crippen molar-refractivity contribution in [1.82, 2.24) is 9.78 Å². The number of aryl methyl sites for hydroxylation is 1. The lowest BCUT2D eigenvalue weighted by atomic mass is 9.90. The van der Waals surface area contributed by atoms with E-state index in [1.807, 2.05) is 30.7 Å². The molecule has 3 heteroatoms. The monoisotopic (exact) mass is 348 g/mol. The van der Waals surface area contributed by atoms with Crippen LogP contribution in [0.15, 0.2) is 54.7 Å². The quantitative estimate of drug-likeness (QED) is 0.512. The van der Waals surface area contributed by atoms with Crippen molar-refractivity contribution in [3.8, 4) is 22.6 Å². The van der Waals surface area contributed by atoms with E-state index < -0.39 is 0 Å². The molecule has 0 atom stereocenters. The van der Waals surface area contributed by atoms with Crippen molar-refractivity contribution in [3.63, 3.8) is 0 Å². The number of aromatic nitrogens is 2. The molecular weight excluding hydrogens is 320 g/mol. The van der Waals surface area contributed by atoms with E-state index in [-0.39, 0.29) is 0 Å². The van der Waals surface area contributed by atoms with Crippen LogP contribution in [0.25, 0.3) is 16.8 Å². The summed E-state index contributed by atoms with van der Waals surface area (Å²) in [6.45, 7) is 9.23. The average Bonchev–Trinajstić information content (AvgIpc) is 3.10. The zero-order valence-electron chi connectivity index (χ0n) is 16.2. The minimum absolute atomic E-state index is 0.540. The Balaban J connectivity index is 2.10. The van der Waals surface area contributed by atoms with Gasteiger partial charge >= 0.3 is 0 Å². The zero-order chi connectivity index (χ0) is 18.5. The van der Waals surface area contributed by atoms with Gasteiger partial charge in [-0.1, -0.05) is 38.1 Å². The molecule has 3 aromatic rings. The Morgan fingerprint density at radius 1 is 0.962 bits per heavy atom. The number of nitrogens with zero attached hydrogens (tertiary/aromatic N) is 2. The van der Waals surface area contributed by atoms with Crippen LogP contribution < -0.4 is 4.74 Å². The van der Waals surface area contributed by atoms with E-state index in [4.69, 9.17) is 4.74 Å². The van der Waals surface area contributed by atoms with Gasteiger partial charge in [-0.15, -0.1) is 0 Å². The predicted octanol–water partition coefficient (Wildman–Crippen LogP) is 6.15. The summed E-state index contributed by atoms with van der Waals surface area (Å²) in [4.78, 5) is 0. The topological polar surface area (TPSA) is 27.1 Å². The SMILES string of the molecule is CCOc1cccc(-c2ccc(C(CC)CC)c(-n3ccc(C)n3)c2)c1. The van der Waals surface area contributed by atoms with Gasteiger partial charge < -0.3 is 4.74 Å². The summed E-state index contributed by atoms with van der Waals surface area (Å²) in [5.74, 6) is 1.45. The van der Waals surface area contributed by atoms with Crippen LogP contribution in [0.3, 0.4) is 0 Å². The van der Waals surface area contributed by atoms with Gasteiger partial charge in [0.1, 0.15) is 5.75 Å². The van der Waals surface area contributed by atoms with Crippen LogP contribution in [-0.2, 0) is 0 Å². The van der Waals surface area contributed by atoms with E-state index in [9.17, 15) is 0 Å². The van der Waals surface area contributed by atoms with E-state index in [1.165, 1.54) is 16.8 Å². The van der Waals surface area contributed by atoms with Crippen molar-refractivity contribution in [3.05, 3.63) is 66.0 Å². The van der Waals surface area contributed by atoms with Crippen molar-refractivity contribution in [2.75, 3.05) is 6.61 Å². The third kappa shape index (κ3) is 3.82. The summed E-state index contributed by atoms with van der Waals surface area (Å²) in [5, 5.41) is 4.67. The number of hydrogen-bond donors (Lipinski definition) is 0. The van der Waals surface area contributed by atoms with Gasteiger partial charge in [-0.05, 0) is 73.6 Å². The Morgan fingerprint density at radius 2 is 1.73 bits per heavy atom. The lowest BCUT2D eigenvalue weighted by molar-refractivity contribution is 0.340. The lowest BCUT2D eigenvalue weighted by Gasteiger charge is -2.19. The van der Waals surface area contributed by atoms with Crippen molar-refractivity contribution < 1.29 is 4.74 Å². The van der Waals surface area contributed by atoms with E-state index in [0.29, 0.717) is 12.5 Å². The second kappa shape index (κ2) is 8.22. The summed E-state index contributed by atoms with van der Waals surface area (Å²) in [5.41, 5.74) is 5.92. The standard InChI is InChI=1S/C23H28N2O/c1-5-18(6-2)22-12-11-20(16-23(22)25-14-13-17(4)24-25)19-9-8-10-21(15-19)26-7-3/h8-16,18H,5-7H2,1-4H3. The molecular formula is C23H28N2O. The summed E-state index contributed by atoms with van der Waals surface area (Å²) in [6.07, 6.45) is 4.31. The highest BCUT2D eigenvalue weighted by Crippen LogP contribution is 2.33. The zero-order valence-corrected chi connectivity index (χ0v) is 16.2. The summed E-state index contributed by atoms with van der Waals surface area (Å²) in [6, 6.07) is 17.1. The molecule has 0 radical (unpaired) electrons. The van der Waals surface area contributed by atoms with Crippen molar-refractivity contribution >= 4 is 0 Å². The van der Waals surface area contributed by atoms with Crippen molar-refractivity contribution in [2.45, 2.75) is 46.5 Å². The molecule has 26 heavy (non-hydrogen) atoms. The summed E-state index contributed by atoms with van der Waals surface area (Å²) < 4.78 is 7.68.